The van der Waals surface area contributed by atoms with Crippen LogP contribution in [0.2, 0.25) is 0 Å². The second kappa shape index (κ2) is 8.98. The predicted octanol–water partition coefficient (Wildman–Crippen LogP) is 2.42. The zero-order valence-corrected chi connectivity index (χ0v) is 15.6. The lowest BCUT2D eigenvalue weighted by atomic mass is 10.2. The molecule has 1 aromatic rings. The lowest BCUT2D eigenvalue weighted by molar-refractivity contribution is -0.191. The maximum atomic E-state index is 12.0. The number of aromatic nitrogens is 2. The van der Waals surface area contributed by atoms with Crippen LogP contribution < -0.4 is 5.32 Å². The number of ether oxygens (including phenoxy) is 2. The first kappa shape index (κ1) is 22.3. The lowest BCUT2D eigenvalue weighted by Gasteiger charge is -2.19. The van der Waals surface area contributed by atoms with E-state index >= 15 is 0 Å². The topological polar surface area (TPSA) is 117 Å². The van der Waals surface area contributed by atoms with E-state index in [4.69, 9.17) is 19.1 Å². The van der Waals surface area contributed by atoms with Crippen LogP contribution in [0.3, 0.4) is 0 Å². The molecule has 0 bridgehead atoms. The van der Waals surface area contributed by atoms with Crippen LogP contribution in [-0.2, 0) is 25.6 Å². The summed E-state index contributed by atoms with van der Waals surface area (Å²) in [5.74, 6) is 0.496. The van der Waals surface area contributed by atoms with Crippen LogP contribution in [0.15, 0.2) is 6.20 Å². The Morgan fingerprint density at radius 2 is 1.60 bits per heavy atom. The number of alkyl carbamates (subject to hydrolysis) is 1. The van der Waals surface area contributed by atoms with Crippen molar-refractivity contribution >= 4 is 18.3 Å². The van der Waals surface area contributed by atoms with Crippen molar-refractivity contribution in [1.29, 1.82) is 0 Å². The van der Waals surface area contributed by atoms with Gasteiger partial charge in [-0.25, -0.2) is 19.1 Å². The minimum Gasteiger partial charge on any atom is -0.444 e. The Morgan fingerprint density at radius 1 is 1.12 bits per heavy atom. The van der Waals surface area contributed by atoms with Crippen molar-refractivity contribution in [3.63, 3.8) is 0 Å². The highest BCUT2D eigenvalue weighted by Crippen LogP contribution is 2.11. The second-order valence-electron chi connectivity index (χ2n) is 7.07. The highest BCUT2D eigenvalue weighted by molar-refractivity contribution is 5.72. The van der Waals surface area contributed by atoms with Crippen molar-refractivity contribution in [2.75, 3.05) is 0 Å². The number of rotatable bonds is 2. The first-order chi connectivity index (χ1) is 11.3. The van der Waals surface area contributed by atoms with E-state index in [-0.39, 0.29) is 12.7 Å². The summed E-state index contributed by atoms with van der Waals surface area (Å²) in [5.41, 5.74) is -0.590. The summed E-state index contributed by atoms with van der Waals surface area (Å²) in [4.78, 5) is 44.1. The smallest absolute Gasteiger partial charge is 0.419 e. The molecule has 1 N–H and O–H groups in total. The van der Waals surface area contributed by atoms with Crippen molar-refractivity contribution < 1.29 is 28.7 Å². The number of carbonyl (C=O) groups excluding carboxylic acids is 4. The van der Waals surface area contributed by atoms with Gasteiger partial charge in [-0.3, -0.25) is 0 Å². The van der Waals surface area contributed by atoms with Crippen molar-refractivity contribution in [3.05, 3.63) is 17.7 Å². The Morgan fingerprint density at radius 3 is 2.04 bits per heavy atom. The number of hydrogen-bond acceptors (Lipinski definition) is 7. The quantitative estimate of drug-likeness (QED) is 0.865. The van der Waals surface area contributed by atoms with Gasteiger partial charge in [0, 0.05) is 6.20 Å². The molecule has 1 heterocycles. The van der Waals surface area contributed by atoms with Gasteiger partial charge in [-0.2, -0.15) is 9.59 Å². The van der Waals surface area contributed by atoms with E-state index in [1.54, 1.807) is 54.7 Å². The molecule has 0 saturated heterocycles. The van der Waals surface area contributed by atoms with E-state index in [1.165, 1.54) is 4.57 Å². The molecule has 25 heavy (non-hydrogen) atoms. The fourth-order valence-electron chi connectivity index (χ4n) is 1.59. The average Bonchev–Trinajstić information content (AvgIpc) is 2.75. The van der Waals surface area contributed by atoms with E-state index in [0.717, 1.165) is 0 Å². The van der Waals surface area contributed by atoms with Crippen molar-refractivity contribution in [2.45, 2.75) is 66.2 Å². The molecule has 1 rings (SSSR count). The maximum Gasteiger partial charge on any atom is 0.419 e. The number of nitrogens with zero attached hydrogens (tertiary/aromatic N) is 2. The molecule has 0 fully saturated rings. The average molecular weight is 355 g/mol. The standard InChI is InChI=1S/C15H25N3O4.CO2/c1-10-17-11(8-16-12(19)21-14(2,3)4)9-18(10)13(20)22-15(5,6)7;2-1-3/h9H,8H2,1-7H3,(H,16,19);. The van der Waals surface area contributed by atoms with Gasteiger partial charge in [0.1, 0.15) is 17.0 Å². The molecule has 0 atom stereocenters. The summed E-state index contributed by atoms with van der Waals surface area (Å²) in [7, 11) is 0. The van der Waals surface area contributed by atoms with Crippen LogP contribution in [0.25, 0.3) is 0 Å². The Labute approximate surface area is 146 Å². The fourth-order valence-corrected chi connectivity index (χ4v) is 1.59. The number of amides is 1. The minimum atomic E-state index is -0.581. The molecule has 0 unspecified atom stereocenters. The second-order valence-corrected chi connectivity index (χ2v) is 7.07. The Balaban J connectivity index is 0.00000178. The number of hydrogen-bond donors (Lipinski definition) is 1. The highest BCUT2D eigenvalue weighted by atomic mass is 16.6. The van der Waals surface area contributed by atoms with Crippen molar-refractivity contribution in [1.82, 2.24) is 14.9 Å². The summed E-state index contributed by atoms with van der Waals surface area (Å²) in [5, 5.41) is 2.59. The summed E-state index contributed by atoms with van der Waals surface area (Å²) in [6.07, 6.45) is 0.763. The molecule has 140 valence electrons. The van der Waals surface area contributed by atoms with E-state index in [0.29, 0.717) is 11.5 Å². The number of nitrogens with one attached hydrogen (secondary N) is 1. The summed E-state index contributed by atoms with van der Waals surface area (Å²) < 4.78 is 11.7. The Bertz CT molecular complexity index is 631. The van der Waals surface area contributed by atoms with Crippen LogP contribution in [0, 0.1) is 6.92 Å². The van der Waals surface area contributed by atoms with Gasteiger partial charge >= 0.3 is 18.3 Å². The summed E-state index contributed by atoms with van der Waals surface area (Å²) in [6.45, 7) is 12.6. The van der Waals surface area contributed by atoms with Gasteiger partial charge in [-0.15, -0.1) is 0 Å². The molecule has 0 radical (unpaired) electrons. The van der Waals surface area contributed by atoms with Gasteiger partial charge in [0.05, 0.1) is 12.2 Å². The Hall–Kier alpha value is -2.67. The molecular weight excluding hydrogens is 330 g/mol. The van der Waals surface area contributed by atoms with Gasteiger partial charge in [-0.05, 0) is 48.5 Å². The van der Waals surface area contributed by atoms with E-state index in [9.17, 15) is 9.59 Å². The summed E-state index contributed by atoms with van der Waals surface area (Å²) in [6, 6.07) is 0. The third-order valence-corrected chi connectivity index (χ3v) is 2.34. The molecule has 9 nitrogen and oxygen atoms in total. The first-order valence-electron chi connectivity index (χ1n) is 7.53. The molecule has 0 aromatic carbocycles. The van der Waals surface area contributed by atoms with Crippen LogP contribution in [-0.4, -0.2) is 39.1 Å². The van der Waals surface area contributed by atoms with E-state index in [1.807, 2.05) is 0 Å². The molecule has 0 aliphatic heterocycles. The third-order valence-electron chi connectivity index (χ3n) is 2.34. The fraction of sp³-hybridized carbons (Fsp3) is 0.625. The summed E-state index contributed by atoms with van der Waals surface area (Å²) >= 11 is 0. The monoisotopic (exact) mass is 355 g/mol. The normalized spacial score (nSPS) is 10.8. The zero-order valence-electron chi connectivity index (χ0n) is 15.6. The number of aryl methyl sites for hydroxylation is 1. The Kier molecular flexibility index (Phi) is 8.02. The SMILES string of the molecule is Cc1nc(CNC(=O)OC(C)(C)C)cn1C(=O)OC(C)(C)C.O=C=O. The zero-order chi connectivity index (χ0) is 19.8. The molecule has 0 aliphatic rings. The van der Waals surface area contributed by atoms with Crippen LogP contribution >= 0.6 is 0 Å². The van der Waals surface area contributed by atoms with Crippen LogP contribution in [0.4, 0.5) is 9.59 Å². The first-order valence-corrected chi connectivity index (χ1v) is 7.53. The molecule has 1 amide bonds. The third kappa shape index (κ3) is 9.93. The van der Waals surface area contributed by atoms with Gasteiger partial charge in [0.2, 0.25) is 0 Å². The van der Waals surface area contributed by atoms with Gasteiger partial charge < -0.3 is 14.8 Å². The number of carbonyl (C=O) groups is 2. The molecule has 0 spiro atoms. The molecular formula is C16H25N3O6. The lowest BCUT2D eigenvalue weighted by Crippen LogP contribution is -2.32. The molecule has 9 heteroatoms. The molecule has 1 aromatic heterocycles. The van der Waals surface area contributed by atoms with Crippen LogP contribution in [0.1, 0.15) is 53.1 Å². The number of imidazole rings is 1. The van der Waals surface area contributed by atoms with Crippen LogP contribution in [0.5, 0.6) is 0 Å². The van der Waals surface area contributed by atoms with Gasteiger partial charge in [0.15, 0.2) is 0 Å². The largest absolute Gasteiger partial charge is 0.444 e. The molecule has 0 aliphatic carbocycles. The minimum absolute atomic E-state index is 0.172. The van der Waals surface area contributed by atoms with Gasteiger partial charge in [0.25, 0.3) is 0 Å². The van der Waals surface area contributed by atoms with E-state index in [2.05, 4.69) is 10.3 Å². The maximum absolute atomic E-state index is 12.0. The predicted molar refractivity (Wildman–Crippen MR) is 86.7 cm³/mol. The van der Waals surface area contributed by atoms with Crippen molar-refractivity contribution in [2.24, 2.45) is 0 Å². The highest BCUT2D eigenvalue weighted by Gasteiger charge is 2.20. The van der Waals surface area contributed by atoms with E-state index < -0.39 is 23.4 Å². The van der Waals surface area contributed by atoms with Gasteiger partial charge in [-0.1, -0.05) is 0 Å². The van der Waals surface area contributed by atoms with Crippen molar-refractivity contribution in [3.8, 4) is 0 Å². The molecule has 0 saturated carbocycles.